The standard InChI is InChI=1S/C5H5.CO.2NO.V/c1-2-4-5-3-1;3*1-2;/h1-5H;;;;/q-1;;2*-1;. The third kappa shape index (κ3) is 37.6. The van der Waals surface area contributed by atoms with Gasteiger partial charge in [-0.05, 0) is 0 Å². The Bertz CT molecular complexity index is 154. The fourth-order valence-electron chi connectivity index (χ4n) is 0.321. The minimum Gasteiger partial charge on any atom is -0.577 e. The van der Waals surface area contributed by atoms with Crippen LogP contribution in [0.25, 0.3) is 11.2 Å². The summed E-state index contributed by atoms with van der Waals surface area (Å²) in [6.45, 7) is 0. The number of carbonyl (C=O) groups excluding carboxylic acids is 1. The van der Waals surface area contributed by atoms with E-state index in [1.54, 1.807) is 17.0 Å². The summed E-state index contributed by atoms with van der Waals surface area (Å²) in [7, 11) is 0. The molecule has 12 heavy (non-hydrogen) atoms. The maximum Gasteiger partial charge on any atom is -0.172 e. The van der Waals surface area contributed by atoms with E-state index in [0.717, 1.165) is 0 Å². The molecule has 0 heterocycles. The minimum absolute atomic E-state index is 1.44. The van der Waals surface area contributed by atoms with E-state index >= 15 is 0 Å². The molecule has 1 aromatic rings. The Morgan fingerprint density at radius 3 is 1.42 bits per heavy atom. The smallest absolute Gasteiger partial charge is 0.172 e. The van der Waals surface area contributed by atoms with Crippen LogP contribution in [0.3, 0.4) is 0 Å². The normalized spacial score (nSPS) is 4.58. The first-order valence-electron chi connectivity index (χ1n) is 2.46. The number of hydrogen-bond acceptors (Lipinski definition) is 3. The topological polar surface area (TPSA) is 95.8 Å². The van der Waals surface area contributed by atoms with Gasteiger partial charge in [-0.1, -0.05) is 0 Å². The van der Waals surface area contributed by atoms with Crippen LogP contribution in [-0.4, -0.2) is 4.59 Å². The maximum atomic E-state index is 8.65. The van der Waals surface area contributed by atoms with Gasteiger partial charge in [0.2, 0.25) is 0 Å². The molecule has 1 rings (SSSR count). The summed E-state index contributed by atoms with van der Waals surface area (Å²) in [6.07, 6.45) is 0. The fraction of sp³-hybridized carbons (Fsp3) is 0. The fourth-order valence-corrected chi connectivity index (χ4v) is 0.321. The molecule has 65 valence electrons. The summed E-state index contributed by atoms with van der Waals surface area (Å²) in [5.41, 5.74) is 11.5. The number of rotatable bonds is 0. The molecule has 0 saturated carbocycles. The van der Waals surface area contributed by atoms with Crippen LogP contribution in [0, 0.1) is 9.81 Å². The van der Waals surface area contributed by atoms with Crippen LogP contribution in [0.5, 0.6) is 0 Å². The summed E-state index contributed by atoms with van der Waals surface area (Å²) < 4.78 is 1.44. The predicted octanol–water partition coefficient (Wildman–Crippen LogP) is 1.65. The van der Waals surface area contributed by atoms with Gasteiger partial charge in [0.1, 0.15) is 0 Å². The average Bonchev–Trinajstić information content (AvgIpc) is 2.69. The first kappa shape index (κ1) is 17.0. The molecular weight excluding hydrogens is 199 g/mol. The van der Waals surface area contributed by atoms with Crippen molar-refractivity contribution in [3.05, 3.63) is 51.3 Å². The third-order valence-corrected chi connectivity index (χ3v) is 0.556. The van der Waals surface area contributed by atoms with Crippen LogP contribution >= 0.6 is 0 Å². The molecule has 0 aliphatic carbocycles. The van der Waals surface area contributed by atoms with Crippen LogP contribution in [0.1, 0.15) is 0 Å². The molecule has 5 nitrogen and oxygen atoms in total. The first-order valence-corrected chi connectivity index (χ1v) is 3.16. The van der Waals surface area contributed by atoms with Crippen molar-refractivity contribution in [3.8, 4) is 0 Å². The number of hydrogen-bond donors (Lipinski definition) is 0. The predicted molar refractivity (Wildman–Crippen MR) is 41.2 cm³/mol. The van der Waals surface area contributed by atoms with E-state index in [9.17, 15) is 0 Å². The van der Waals surface area contributed by atoms with E-state index in [4.69, 9.17) is 25.8 Å². The van der Waals surface area contributed by atoms with Crippen LogP contribution in [0.4, 0.5) is 0 Å². The zero-order valence-electron chi connectivity index (χ0n) is 5.95. The first-order chi connectivity index (χ1) is 5.91. The molecule has 0 amide bonds. The second-order valence-corrected chi connectivity index (χ2v) is 1.34. The van der Waals surface area contributed by atoms with E-state index in [2.05, 4.69) is 0 Å². The van der Waals surface area contributed by atoms with E-state index in [0.29, 0.717) is 0 Å². The molecule has 0 saturated heterocycles. The molecule has 0 atom stereocenters. The molecule has 1 aromatic carbocycles. The Morgan fingerprint density at radius 1 is 1.08 bits per heavy atom. The van der Waals surface area contributed by atoms with Gasteiger partial charge >= 0.3 is 26.4 Å². The molecule has 0 N–H and O–H groups in total. The minimum atomic E-state index is 1.44. The Morgan fingerprint density at radius 2 is 1.33 bits per heavy atom. The van der Waals surface area contributed by atoms with Crippen LogP contribution in [0.15, 0.2) is 30.3 Å². The summed E-state index contributed by atoms with van der Waals surface area (Å²) in [6, 6.07) is 10.0. The van der Waals surface area contributed by atoms with Crippen molar-refractivity contribution >= 4 is 4.59 Å². The van der Waals surface area contributed by atoms with E-state index in [-0.39, 0.29) is 0 Å². The zero-order chi connectivity index (χ0) is 10.2. The van der Waals surface area contributed by atoms with E-state index in [1.165, 1.54) is 4.59 Å². The van der Waals surface area contributed by atoms with Gasteiger partial charge in [0.25, 0.3) is 0 Å². The van der Waals surface area contributed by atoms with E-state index in [1.807, 2.05) is 30.3 Å². The molecule has 0 aromatic heterocycles. The van der Waals surface area contributed by atoms with Crippen molar-refractivity contribution < 1.29 is 21.8 Å². The Hall–Kier alpha value is -1.29. The Balaban J connectivity index is -0.000000102. The van der Waals surface area contributed by atoms with Gasteiger partial charge in [-0.25, -0.2) is 12.1 Å². The SMILES string of the molecule is O=[C]=[V].[N-]=O.[N-]=O.c1cc[cH-]c1. The van der Waals surface area contributed by atoms with Gasteiger partial charge in [0.05, 0.1) is 0 Å². The van der Waals surface area contributed by atoms with Gasteiger partial charge in [-0.15, -0.1) is 0 Å². The van der Waals surface area contributed by atoms with Gasteiger partial charge in [-0.3, -0.25) is 0 Å². The molecule has 0 unspecified atom stereocenters. The van der Waals surface area contributed by atoms with Crippen molar-refractivity contribution in [1.29, 1.82) is 0 Å². The molecule has 0 aliphatic rings. The molecule has 0 bridgehead atoms. The van der Waals surface area contributed by atoms with Crippen LogP contribution < -0.4 is 0 Å². The molecule has 0 fully saturated rings. The van der Waals surface area contributed by atoms with Gasteiger partial charge in [0, 0.05) is 0 Å². The summed E-state index contributed by atoms with van der Waals surface area (Å²) in [4.78, 5) is 23.2. The van der Waals surface area contributed by atoms with Gasteiger partial charge < -0.3 is 21.0 Å². The quantitative estimate of drug-likeness (QED) is 0.600. The molecule has 0 aliphatic heterocycles. The average molecular weight is 204 g/mol. The van der Waals surface area contributed by atoms with Crippen molar-refractivity contribution in [2.45, 2.75) is 0 Å². The Kier molecular flexibility index (Phi) is 47.0. The van der Waals surface area contributed by atoms with Crippen molar-refractivity contribution in [3.63, 3.8) is 0 Å². The maximum absolute atomic E-state index is 8.65. The van der Waals surface area contributed by atoms with Crippen molar-refractivity contribution in [2.24, 2.45) is 0 Å². The molecule has 0 spiro atoms. The van der Waals surface area contributed by atoms with Crippen molar-refractivity contribution in [1.82, 2.24) is 0 Å². The van der Waals surface area contributed by atoms with Crippen molar-refractivity contribution in [2.75, 3.05) is 0 Å². The van der Waals surface area contributed by atoms with E-state index < -0.39 is 0 Å². The van der Waals surface area contributed by atoms with Gasteiger partial charge in [-0.2, -0.15) is 18.2 Å². The molecule has 6 heteroatoms. The number of nitroso groups, excluding NO2 is 2. The van der Waals surface area contributed by atoms with Gasteiger partial charge in [0.15, 0.2) is 0 Å². The third-order valence-electron chi connectivity index (χ3n) is 0.556. The molecular formula is C6H5N2O3V-3. The second-order valence-electron chi connectivity index (χ2n) is 1.05. The monoisotopic (exact) mass is 204 g/mol. The number of nitrogens with zero attached hydrogens (tertiary/aromatic N) is 2. The Labute approximate surface area is 78.2 Å². The summed E-state index contributed by atoms with van der Waals surface area (Å²) >= 11 is 1.66. The summed E-state index contributed by atoms with van der Waals surface area (Å²) in [5, 5.41) is 0. The zero-order valence-corrected chi connectivity index (χ0v) is 7.35. The van der Waals surface area contributed by atoms with Crippen LogP contribution in [0.2, 0.25) is 0 Å². The van der Waals surface area contributed by atoms with Crippen LogP contribution in [-0.2, 0) is 21.8 Å². The second kappa shape index (κ2) is 33.2. The summed E-state index contributed by atoms with van der Waals surface area (Å²) in [5.74, 6) is 0. The largest absolute Gasteiger partial charge is 0.577 e. The molecule has 0 radical (unpaired) electrons.